The second kappa shape index (κ2) is 6.82. The smallest absolute Gasteiger partial charge is 0.368 e. The number of amides is 1. The Morgan fingerprint density at radius 3 is 2.86 bits per heavy atom. The van der Waals surface area contributed by atoms with Gasteiger partial charge in [0.25, 0.3) is 5.91 Å². The first kappa shape index (κ1) is 18.8. The van der Waals surface area contributed by atoms with Crippen LogP contribution in [0.4, 0.5) is 19.0 Å². The number of aryl methyl sites for hydroxylation is 1. The monoisotopic (exact) mass is 397 g/mol. The molecule has 1 fully saturated rings. The topological polar surface area (TPSA) is 76.2 Å². The quantitative estimate of drug-likeness (QED) is 0.854. The summed E-state index contributed by atoms with van der Waals surface area (Å²) in [6.45, 7) is 4.12. The Bertz CT molecular complexity index is 875. The molecule has 0 aromatic carbocycles. The zero-order valence-electron chi connectivity index (χ0n) is 15.7. The van der Waals surface area contributed by atoms with Gasteiger partial charge in [0.1, 0.15) is 11.6 Å². The lowest BCUT2D eigenvalue weighted by atomic mass is 10.1. The first-order chi connectivity index (χ1) is 13.3. The van der Waals surface area contributed by atoms with Crippen molar-refractivity contribution in [3.8, 4) is 0 Å². The van der Waals surface area contributed by atoms with Crippen molar-refractivity contribution in [1.82, 2.24) is 19.8 Å². The number of fused-ring (bicyclic) bond motifs is 1. The summed E-state index contributed by atoms with van der Waals surface area (Å²) in [5, 5.41) is 11.1. The van der Waals surface area contributed by atoms with Crippen LogP contribution in [0.5, 0.6) is 0 Å². The molecule has 0 bridgehead atoms. The van der Waals surface area contributed by atoms with Crippen molar-refractivity contribution in [2.24, 2.45) is 0 Å². The zero-order chi connectivity index (χ0) is 20.1. The van der Waals surface area contributed by atoms with Crippen LogP contribution >= 0.6 is 0 Å². The molecule has 0 radical (unpaired) electrons. The summed E-state index contributed by atoms with van der Waals surface area (Å²) < 4.78 is 46.5. The van der Waals surface area contributed by atoms with Crippen LogP contribution in [0.3, 0.4) is 0 Å². The van der Waals surface area contributed by atoms with Crippen molar-refractivity contribution >= 4 is 11.7 Å². The molecular weight excluding hydrogens is 375 g/mol. The maximum atomic E-state index is 13.5. The van der Waals surface area contributed by atoms with E-state index in [9.17, 15) is 18.0 Å². The van der Waals surface area contributed by atoms with E-state index in [1.807, 2.05) is 6.92 Å². The number of likely N-dealkylation sites (tertiary alicyclic amines) is 1. The lowest BCUT2D eigenvalue weighted by Gasteiger charge is -2.31. The summed E-state index contributed by atoms with van der Waals surface area (Å²) in [4.78, 5) is 14.5. The van der Waals surface area contributed by atoms with Crippen LogP contribution in [-0.2, 0) is 6.42 Å². The molecular formula is C18H22F3N5O2. The third kappa shape index (κ3) is 3.24. The Kier molecular flexibility index (Phi) is 4.59. The highest BCUT2D eigenvalue weighted by Gasteiger charge is 2.46. The van der Waals surface area contributed by atoms with Gasteiger partial charge in [-0.25, -0.2) is 4.68 Å². The van der Waals surface area contributed by atoms with Crippen LogP contribution in [0.25, 0.3) is 0 Å². The fourth-order valence-electron chi connectivity index (χ4n) is 3.98. The average Bonchev–Trinajstić information content (AvgIpc) is 3.37. The van der Waals surface area contributed by atoms with E-state index in [1.54, 1.807) is 24.0 Å². The molecule has 0 unspecified atom stereocenters. The van der Waals surface area contributed by atoms with Crippen molar-refractivity contribution in [3.05, 3.63) is 29.3 Å². The molecule has 3 atom stereocenters. The van der Waals surface area contributed by atoms with Crippen LogP contribution in [0.1, 0.15) is 67.1 Å². The minimum atomic E-state index is -4.38. The summed E-state index contributed by atoms with van der Waals surface area (Å²) in [7, 11) is 0. The molecule has 0 saturated carbocycles. The molecule has 2 aromatic rings. The fourth-order valence-corrected chi connectivity index (χ4v) is 3.98. The average molecular weight is 397 g/mol. The molecule has 4 heterocycles. The number of rotatable bonds is 3. The highest BCUT2D eigenvalue weighted by molar-refractivity contribution is 5.92. The Hall–Kier alpha value is -2.52. The second-order valence-corrected chi connectivity index (χ2v) is 7.43. The predicted octanol–water partition coefficient (Wildman–Crippen LogP) is 3.72. The predicted molar refractivity (Wildman–Crippen MR) is 93.9 cm³/mol. The van der Waals surface area contributed by atoms with Crippen LogP contribution < -0.4 is 5.32 Å². The van der Waals surface area contributed by atoms with E-state index in [-0.39, 0.29) is 30.1 Å². The Balaban J connectivity index is 1.63. The number of hydrogen-bond acceptors (Lipinski definition) is 5. The van der Waals surface area contributed by atoms with Gasteiger partial charge >= 0.3 is 6.18 Å². The van der Waals surface area contributed by atoms with Gasteiger partial charge < -0.3 is 14.7 Å². The molecule has 10 heteroatoms. The number of alkyl halides is 3. The van der Waals surface area contributed by atoms with Gasteiger partial charge in [-0.05, 0) is 26.2 Å². The van der Waals surface area contributed by atoms with Gasteiger partial charge in [-0.2, -0.15) is 18.3 Å². The van der Waals surface area contributed by atoms with Gasteiger partial charge in [0.05, 0.1) is 11.7 Å². The Morgan fingerprint density at radius 1 is 1.39 bits per heavy atom. The van der Waals surface area contributed by atoms with Crippen molar-refractivity contribution in [2.45, 2.75) is 63.8 Å². The van der Waals surface area contributed by atoms with E-state index in [0.29, 0.717) is 36.7 Å². The summed E-state index contributed by atoms with van der Waals surface area (Å²) >= 11 is 0. The summed E-state index contributed by atoms with van der Waals surface area (Å²) in [6.07, 6.45) is -2.43. The van der Waals surface area contributed by atoms with Crippen molar-refractivity contribution in [1.29, 1.82) is 0 Å². The highest BCUT2D eigenvalue weighted by atomic mass is 19.4. The van der Waals surface area contributed by atoms with Crippen molar-refractivity contribution < 1.29 is 22.5 Å². The number of hydrogen-bond donors (Lipinski definition) is 1. The third-order valence-electron chi connectivity index (χ3n) is 5.38. The molecule has 4 rings (SSSR count). The normalized spacial score (nSPS) is 24.9. The summed E-state index contributed by atoms with van der Waals surface area (Å²) in [6, 6.07) is 0.885. The maximum Gasteiger partial charge on any atom is 0.410 e. The summed E-state index contributed by atoms with van der Waals surface area (Å²) in [5.74, 6) is 0.665. The first-order valence-electron chi connectivity index (χ1n) is 9.47. The minimum absolute atomic E-state index is 0.0797. The number of carbonyl (C=O) groups is 1. The van der Waals surface area contributed by atoms with Gasteiger partial charge in [-0.15, -0.1) is 0 Å². The molecule has 152 valence electrons. The van der Waals surface area contributed by atoms with Gasteiger partial charge in [0, 0.05) is 31.1 Å². The first-order valence-corrected chi connectivity index (χ1v) is 9.47. The van der Waals surface area contributed by atoms with E-state index in [2.05, 4.69) is 15.6 Å². The zero-order valence-corrected chi connectivity index (χ0v) is 15.7. The number of anilines is 1. The largest absolute Gasteiger partial charge is 0.410 e. The third-order valence-corrected chi connectivity index (χ3v) is 5.38. The Labute approximate surface area is 159 Å². The number of nitrogens with one attached hydrogen (secondary N) is 1. The SMILES string of the molecule is CCc1cc(C(=O)N2CCC[C@H]2c2cc3n(n2)[C@@H](C(F)(F)F)C[C@@H](C)N3)no1. The van der Waals surface area contributed by atoms with Crippen molar-refractivity contribution in [3.63, 3.8) is 0 Å². The minimum Gasteiger partial charge on any atom is -0.368 e. The molecule has 2 aromatic heterocycles. The molecule has 7 nitrogen and oxygen atoms in total. The van der Waals surface area contributed by atoms with Gasteiger partial charge in [0.2, 0.25) is 0 Å². The molecule has 2 aliphatic rings. The maximum absolute atomic E-state index is 13.5. The number of carbonyl (C=O) groups excluding carboxylic acids is 1. The van der Waals surface area contributed by atoms with E-state index in [1.165, 1.54) is 0 Å². The molecule has 0 spiro atoms. The number of nitrogens with zero attached hydrogens (tertiary/aromatic N) is 4. The number of aromatic nitrogens is 3. The van der Waals surface area contributed by atoms with Crippen LogP contribution in [-0.4, -0.2) is 44.5 Å². The highest BCUT2D eigenvalue weighted by Crippen LogP contribution is 2.41. The van der Waals surface area contributed by atoms with Gasteiger partial charge in [-0.3, -0.25) is 4.79 Å². The molecule has 1 N–H and O–H groups in total. The van der Waals surface area contributed by atoms with E-state index in [0.717, 1.165) is 11.1 Å². The second-order valence-electron chi connectivity index (χ2n) is 7.43. The van der Waals surface area contributed by atoms with E-state index >= 15 is 0 Å². The molecule has 2 aliphatic heterocycles. The fraction of sp³-hybridized carbons (Fsp3) is 0.611. The number of halogens is 3. The molecule has 0 aliphatic carbocycles. The van der Waals surface area contributed by atoms with Gasteiger partial charge in [0.15, 0.2) is 11.7 Å². The van der Waals surface area contributed by atoms with Crippen LogP contribution in [0.2, 0.25) is 0 Å². The molecule has 1 saturated heterocycles. The van der Waals surface area contributed by atoms with Crippen LogP contribution in [0, 0.1) is 0 Å². The lowest BCUT2D eigenvalue weighted by molar-refractivity contribution is -0.173. The van der Waals surface area contributed by atoms with Crippen LogP contribution in [0.15, 0.2) is 16.7 Å². The lowest BCUT2D eigenvalue weighted by Crippen LogP contribution is -2.38. The molecule has 1 amide bonds. The summed E-state index contributed by atoms with van der Waals surface area (Å²) in [5.41, 5.74) is 0.684. The van der Waals surface area contributed by atoms with E-state index < -0.39 is 12.2 Å². The standard InChI is InChI=1S/C18H22F3N5O2/c1-3-11-8-13(24-28-11)17(27)25-6-4-5-14(25)12-9-16-22-10(2)7-15(18(19,20)21)26(16)23-12/h8-10,14-15,22H,3-7H2,1-2H3/t10-,14+,15-/m1/s1. The van der Waals surface area contributed by atoms with E-state index in [4.69, 9.17) is 4.52 Å². The Morgan fingerprint density at radius 2 is 2.18 bits per heavy atom. The van der Waals surface area contributed by atoms with Gasteiger partial charge in [-0.1, -0.05) is 12.1 Å². The molecule has 28 heavy (non-hydrogen) atoms. The van der Waals surface area contributed by atoms with Crippen molar-refractivity contribution in [2.75, 3.05) is 11.9 Å².